The first-order valence-corrected chi connectivity index (χ1v) is 6.81. The minimum Gasteiger partial charge on any atom is -0.386 e. The molecule has 0 aliphatic carbocycles. The molecular weight excluding hydrogens is 278 g/mol. The molecule has 0 fully saturated rings. The molecule has 0 aliphatic heterocycles. The van der Waals surface area contributed by atoms with Gasteiger partial charge in [0.15, 0.2) is 11.5 Å². The maximum atomic E-state index is 5.96. The van der Waals surface area contributed by atoms with Crippen LogP contribution in [0, 0.1) is 0 Å². The van der Waals surface area contributed by atoms with Gasteiger partial charge in [-0.3, -0.25) is 0 Å². The molecule has 0 atom stereocenters. The first-order valence-electron chi connectivity index (χ1n) is 6.81. The van der Waals surface area contributed by atoms with Crippen LogP contribution in [-0.4, -0.2) is 32.3 Å². The Hall–Kier alpha value is -2.96. The fourth-order valence-electron chi connectivity index (χ4n) is 1.73. The number of hydrogen-bond acceptors (Lipinski definition) is 5. The number of allylic oxidation sites excluding steroid dienone is 4. The first-order chi connectivity index (χ1) is 10.6. The highest BCUT2D eigenvalue weighted by atomic mass is 15.1. The van der Waals surface area contributed by atoms with Gasteiger partial charge in [0.2, 0.25) is 0 Å². The van der Waals surface area contributed by atoms with Crippen molar-refractivity contribution in [2.45, 2.75) is 13.8 Å². The average Bonchev–Trinajstić information content (AvgIpc) is 2.98. The van der Waals surface area contributed by atoms with E-state index in [0.29, 0.717) is 23.8 Å². The molecule has 4 N–H and O–H groups in total. The molecule has 2 heterocycles. The summed E-state index contributed by atoms with van der Waals surface area (Å²) in [6.45, 7) is 8.07. The predicted molar refractivity (Wildman–Crippen MR) is 89.5 cm³/mol. The van der Waals surface area contributed by atoms with E-state index in [1.807, 2.05) is 32.1 Å². The fourth-order valence-corrected chi connectivity index (χ4v) is 1.73. The molecule has 0 saturated carbocycles. The molecule has 22 heavy (non-hydrogen) atoms. The number of amidine groups is 1. The normalized spacial score (nSPS) is 13.0. The van der Waals surface area contributed by atoms with Crippen molar-refractivity contribution in [3.8, 4) is 0 Å². The van der Waals surface area contributed by atoms with Crippen molar-refractivity contribution < 1.29 is 0 Å². The summed E-state index contributed by atoms with van der Waals surface area (Å²) in [5.41, 5.74) is 8.89. The van der Waals surface area contributed by atoms with E-state index in [1.165, 1.54) is 6.33 Å². The number of H-pyrrole nitrogens is 1. The number of aromatic nitrogens is 4. The SMILES string of the molecule is C=C(C)/C(=C\C=C/C)N=C(N)CNc1ncnc2nc[nH]c12. The van der Waals surface area contributed by atoms with Gasteiger partial charge in [-0.1, -0.05) is 18.7 Å². The largest absolute Gasteiger partial charge is 0.386 e. The molecule has 0 saturated heterocycles. The van der Waals surface area contributed by atoms with Gasteiger partial charge in [0, 0.05) is 0 Å². The maximum absolute atomic E-state index is 5.96. The Labute approximate surface area is 128 Å². The molecule has 2 aromatic heterocycles. The van der Waals surface area contributed by atoms with E-state index in [-0.39, 0.29) is 0 Å². The molecule has 2 rings (SSSR count). The third-order valence-corrected chi connectivity index (χ3v) is 2.81. The van der Waals surface area contributed by atoms with E-state index in [9.17, 15) is 0 Å². The standard InChI is InChI=1S/C15H19N7/c1-4-5-6-11(10(2)3)22-12(16)7-17-14-13-15(19-8-18-13)21-9-20-14/h4-6,8-9H,2,7H2,1,3H3,(H2,16,22)(H2,17,18,19,20,21)/b5-4-,11-6+. The van der Waals surface area contributed by atoms with Crippen molar-refractivity contribution >= 4 is 22.8 Å². The number of fused-ring (bicyclic) bond motifs is 1. The van der Waals surface area contributed by atoms with Crippen molar-refractivity contribution in [3.05, 3.63) is 48.7 Å². The lowest BCUT2D eigenvalue weighted by Crippen LogP contribution is -2.23. The van der Waals surface area contributed by atoms with Crippen LogP contribution in [0.5, 0.6) is 0 Å². The highest BCUT2D eigenvalue weighted by molar-refractivity contribution is 5.88. The van der Waals surface area contributed by atoms with Gasteiger partial charge in [0.1, 0.15) is 17.7 Å². The summed E-state index contributed by atoms with van der Waals surface area (Å²) in [5.74, 6) is 1.07. The summed E-state index contributed by atoms with van der Waals surface area (Å²) in [6.07, 6.45) is 8.70. The Morgan fingerprint density at radius 1 is 1.45 bits per heavy atom. The number of nitrogens with one attached hydrogen (secondary N) is 2. The van der Waals surface area contributed by atoms with Crippen LogP contribution in [0.2, 0.25) is 0 Å². The molecule has 7 nitrogen and oxygen atoms in total. The number of rotatable bonds is 6. The summed E-state index contributed by atoms with van der Waals surface area (Å²) >= 11 is 0. The summed E-state index contributed by atoms with van der Waals surface area (Å²) in [5, 5.41) is 3.12. The number of anilines is 1. The van der Waals surface area contributed by atoms with Gasteiger partial charge in [0.25, 0.3) is 0 Å². The van der Waals surface area contributed by atoms with E-state index in [2.05, 4.69) is 36.8 Å². The molecule has 0 aliphatic rings. The maximum Gasteiger partial charge on any atom is 0.182 e. The average molecular weight is 297 g/mol. The molecular formula is C15H19N7. The van der Waals surface area contributed by atoms with Crippen molar-refractivity contribution in [2.24, 2.45) is 10.7 Å². The van der Waals surface area contributed by atoms with E-state index < -0.39 is 0 Å². The zero-order valence-electron chi connectivity index (χ0n) is 12.7. The monoisotopic (exact) mass is 297 g/mol. The summed E-state index contributed by atoms with van der Waals surface area (Å²) < 4.78 is 0. The molecule has 0 radical (unpaired) electrons. The second-order valence-electron chi connectivity index (χ2n) is 4.64. The highest BCUT2D eigenvalue weighted by Gasteiger charge is 2.05. The predicted octanol–water partition coefficient (Wildman–Crippen LogP) is 2.16. The van der Waals surface area contributed by atoms with Crippen LogP contribution < -0.4 is 11.1 Å². The van der Waals surface area contributed by atoms with Crippen molar-refractivity contribution in [1.29, 1.82) is 0 Å². The molecule has 2 aromatic rings. The van der Waals surface area contributed by atoms with Crippen molar-refractivity contribution in [1.82, 2.24) is 19.9 Å². The molecule has 0 amide bonds. The second-order valence-corrected chi connectivity index (χ2v) is 4.64. The Kier molecular flexibility index (Phi) is 5.02. The van der Waals surface area contributed by atoms with E-state index >= 15 is 0 Å². The van der Waals surface area contributed by atoms with Gasteiger partial charge in [0.05, 0.1) is 18.6 Å². The Bertz CT molecular complexity index is 752. The fraction of sp³-hybridized carbons (Fsp3) is 0.200. The molecule has 114 valence electrons. The summed E-state index contributed by atoms with van der Waals surface area (Å²) in [4.78, 5) is 19.6. The number of aliphatic imine (C=N–C) groups is 1. The highest BCUT2D eigenvalue weighted by Crippen LogP contribution is 2.14. The number of hydrogen-bond donors (Lipinski definition) is 3. The van der Waals surface area contributed by atoms with Gasteiger partial charge in [-0.25, -0.2) is 19.9 Å². The first kappa shape index (κ1) is 15.4. The molecule has 7 heteroatoms. The topological polar surface area (TPSA) is 105 Å². The number of imidazole rings is 1. The van der Waals surface area contributed by atoms with Crippen LogP contribution in [0.15, 0.2) is 53.7 Å². The molecule has 0 unspecified atom stereocenters. The van der Waals surface area contributed by atoms with Crippen LogP contribution in [0.3, 0.4) is 0 Å². The van der Waals surface area contributed by atoms with Gasteiger partial charge in [-0.15, -0.1) is 0 Å². The lowest BCUT2D eigenvalue weighted by atomic mass is 10.2. The van der Waals surface area contributed by atoms with Crippen LogP contribution in [0.25, 0.3) is 11.2 Å². The van der Waals surface area contributed by atoms with E-state index in [1.54, 1.807) is 6.33 Å². The Morgan fingerprint density at radius 3 is 3.00 bits per heavy atom. The van der Waals surface area contributed by atoms with Gasteiger partial charge < -0.3 is 16.0 Å². The smallest absolute Gasteiger partial charge is 0.182 e. The lowest BCUT2D eigenvalue weighted by Gasteiger charge is -2.07. The number of aromatic amines is 1. The Balaban J connectivity index is 2.11. The molecule has 0 aromatic carbocycles. The van der Waals surface area contributed by atoms with Crippen LogP contribution in [0.4, 0.5) is 5.82 Å². The van der Waals surface area contributed by atoms with Gasteiger partial charge >= 0.3 is 0 Å². The zero-order chi connectivity index (χ0) is 15.9. The van der Waals surface area contributed by atoms with Crippen molar-refractivity contribution in [2.75, 3.05) is 11.9 Å². The quantitative estimate of drug-likeness (QED) is 0.430. The van der Waals surface area contributed by atoms with E-state index in [4.69, 9.17) is 5.73 Å². The van der Waals surface area contributed by atoms with Crippen LogP contribution >= 0.6 is 0 Å². The van der Waals surface area contributed by atoms with Gasteiger partial charge in [-0.2, -0.15) is 0 Å². The Morgan fingerprint density at radius 2 is 2.27 bits per heavy atom. The van der Waals surface area contributed by atoms with E-state index in [0.717, 1.165) is 16.8 Å². The lowest BCUT2D eigenvalue weighted by molar-refractivity contribution is 1.17. The van der Waals surface area contributed by atoms with Crippen molar-refractivity contribution in [3.63, 3.8) is 0 Å². The molecule has 0 bridgehead atoms. The molecule has 0 spiro atoms. The third kappa shape index (κ3) is 3.78. The second kappa shape index (κ2) is 7.16. The zero-order valence-corrected chi connectivity index (χ0v) is 12.7. The summed E-state index contributed by atoms with van der Waals surface area (Å²) in [6, 6.07) is 0. The number of nitrogens with two attached hydrogens (primary N) is 1. The summed E-state index contributed by atoms with van der Waals surface area (Å²) in [7, 11) is 0. The third-order valence-electron chi connectivity index (χ3n) is 2.81. The van der Waals surface area contributed by atoms with Crippen LogP contribution in [-0.2, 0) is 0 Å². The minimum absolute atomic E-state index is 0.353. The van der Waals surface area contributed by atoms with Gasteiger partial charge in [-0.05, 0) is 25.5 Å². The van der Waals surface area contributed by atoms with Crippen LogP contribution in [0.1, 0.15) is 13.8 Å². The minimum atomic E-state index is 0.353. The number of nitrogens with zero attached hydrogens (tertiary/aromatic N) is 4.